The van der Waals surface area contributed by atoms with Crippen molar-refractivity contribution in [1.29, 1.82) is 0 Å². The number of aliphatic hydroxyl groups is 2. The summed E-state index contributed by atoms with van der Waals surface area (Å²) in [6, 6.07) is 7.66. The third kappa shape index (κ3) is 3.54. The summed E-state index contributed by atoms with van der Waals surface area (Å²) in [4.78, 5) is 12.9. The number of rotatable bonds is 5. The van der Waals surface area contributed by atoms with Crippen molar-refractivity contribution in [3.63, 3.8) is 0 Å². The number of halogens is 3. The summed E-state index contributed by atoms with van der Waals surface area (Å²) < 4.78 is 47.5. The average Bonchev–Trinajstić information content (AvgIpc) is 3.34. The Morgan fingerprint density at radius 3 is 2.60 bits per heavy atom. The Bertz CT molecular complexity index is 1420. The largest absolute Gasteiger partial charge is 0.435 e. The Hall–Kier alpha value is -3.54. The maximum Gasteiger partial charge on any atom is 0.387 e. The fourth-order valence-corrected chi connectivity index (χ4v) is 4.82. The second-order valence-electron chi connectivity index (χ2n) is 8.80. The van der Waals surface area contributed by atoms with Crippen LogP contribution in [-0.2, 0) is 5.60 Å². The number of imidazole rings is 1. The number of para-hydroxylation sites is 1. The third-order valence-electron chi connectivity index (χ3n) is 6.60. The van der Waals surface area contributed by atoms with Gasteiger partial charge in [-0.3, -0.25) is 0 Å². The molecule has 2 atom stereocenters. The Balaban J connectivity index is 1.45. The molecule has 11 heteroatoms. The van der Waals surface area contributed by atoms with Crippen LogP contribution in [-0.4, -0.2) is 49.3 Å². The standard InChI is InChI=1S/C24H20F3N5O3/c25-16-6-19-31-20-17(33)5-14(13-3-1-2-4-18(13)35-23(26)27)21(20)32(19)9-15(16)12-7-29-22(30-8-12)24(34)10-28-11-24/h1-4,6-9,14,17,23,28,33-34H,5,10-11H2. The molecular formula is C24H20F3N5O3. The van der Waals surface area contributed by atoms with Gasteiger partial charge in [-0.25, -0.2) is 19.3 Å². The Morgan fingerprint density at radius 2 is 1.91 bits per heavy atom. The molecule has 3 N–H and O–H groups in total. The van der Waals surface area contributed by atoms with Gasteiger partial charge in [0.05, 0.1) is 17.5 Å². The van der Waals surface area contributed by atoms with Crippen LogP contribution in [0.25, 0.3) is 16.8 Å². The van der Waals surface area contributed by atoms with Crippen molar-refractivity contribution in [3.05, 3.63) is 77.5 Å². The van der Waals surface area contributed by atoms with E-state index in [1.54, 1.807) is 22.6 Å². The molecule has 0 saturated carbocycles. The number of ether oxygens (including phenoxy) is 1. The lowest BCUT2D eigenvalue weighted by molar-refractivity contribution is -0.0506. The molecule has 0 radical (unpaired) electrons. The third-order valence-corrected chi connectivity index (χ3v) is 6.60. The number of pyridine rings is 1. The van der Waals surface area contributed by atoms with E-state index in [0.29, 0.717) is 35.6 Å². The lowest BCUT2D eigenvalue weighted by Crippen LogP contribution is -2.57. The summed E-state index contributed by atoms with van der Waals surface area (Å²) in [6.07, 6.45) is 3.70. The van der Waals surface area contributed by atoms with Gasteiger partial charge in [0.15, 0.2) is 5.82 Å². The van der Waals surface area contributed by atoms with Crippen LogP contribution in [0.4, 0.5) is 13.2 Å². The van der Waals surface area contributed by atoms with Gasteiger partial charge in [-0.2, -0.15) is 8.78 Å². The normalized spacial score (nSPS) is 20.7. The number of nitrogens with one attached hydrogen (secondary N) is 1. The first-order valence-electron chi connectivity index (χ1n) is 11.0. The molecule has 1 fully saturated rings. The van der Waals surface area contributed by atoms with Gasteiger partial charge in [0.2, 0.25) is 0 Å². The van der Waals surface area contributed by atoms with Gasteiger partial charge < -0.3 is 24.7 Å². The summed E-state index contributed by atoms with van der Waals surface area (Å²) in [5, 5.41) is 24.0. The number of nitrogens with zero attached hydrogens (tertiary/aromatic N) is 4. The predicted octanol–water partition coefficient (Wildman–Crippen LogP) is 2.89. The minimum absolute atomic E-state index is 0.0113. The first kappa shape index (κ1) is 22.0. The monoisotopic (exact) mass is 483 g/mol. The quantitative estimate of drug-likeness (QED) is 0.401. The number of hydrogen-bond donors (Lipinski definition) is 3. The minimum atomic E-state index is -3.00. The van der Waals surface area contributed by atoms with Gasteiger partial charge in [0, 0.05) is 60.4 Å². The van der Waals surface area contributed by atoms with Crippen molar-refractivity contribution in [1.82, 2.24) is 24.7 Å². The molecule has 0 spiro atoms. The number of β-amino-alcohol motifs (C(OH)–C–C–N with tert-alkyl or cyclic N) is 1. The van der Waals surface area contributed by atoms with Crippen molar-refractivity contribution in [2.24, 2.45) is 0 Å². The highest BCUT2D eigenvalue weighted by Crippen LogP contribution is 2.47. The fourth-order valence-electron chi connectivity index (χ4n) is 4.82. The highest BCUT2D eigenvalue weighted by Gasteiger charge is 2.39. The van der Waals surface area contributed by atoms with Crippen molar-refractivity contribution in [2.75, 3.05) is 13.1 Å². The number of benzene rings is 1. The Labute approximate surface area is 197 Å². The number of aromatic nitrogens is 4. The smallest absolute Gasteiger partial charge is 0.387 e. The maximum atomic E-state index is 15.1. The molecule has 1 aliphatic heterocycles. The zero-order chi connectivity index (χ0) is 24.3. The zero-order valence-corrected chi connectivity index (χ0v) is 18.2. The molecule has 4 aromatic rings. The van der Waals surface area contributed by atoms with Crippen LogP contribution >= 0.6 is 0 Å². The molecule has 4 heterocycles. The molecule has 0 bridgehead atoms. The average molecular weight is 483 g/mol. The van der Waals surface area contributed by atoms with Crippen LogP contribution in [0.5, 0.6) is 5.75 Å². The summed E-state index contributed by atoms with van der Waals surface area (Å²) in [5.74, 6) is -0.794. The summed E-state index contributed by atoms with van der Waals surface area (Å²) in [7, 11) is 0. The molecule has 180 valence electrons. The van der Waals surface area contributed by atoms with Gasteiger partial charge in [0.25, 0.3) is 0 Å². The second-order valence-corrected chi connectivity index (χ2v) is 8.80. The van der Waals surface area contributed by atoms with Gasteiger partial charge >= 0.3 is 6.61 Å². The van der Waals surface area contributed by atoms with E-state index in [4.69, 9.17) is 4.74 Å². The SMILES string of the molecule is OC1CC(c2ccccc2OC(F)F)c2c1nc1cc(F)c(-c3cnc(C4(O)CNC4)nc3)cn21. The molecule has 0 amide bonds. The zero-order valence-electron chi connectivity index (χ0n) is 18.2. The molecule has 3 aromatic heterocycles. The number of fused-ring (bicyclic) bond motifs is 3. The number of hydrogen-bond acceptors (Lipinski definition) is 7. The van der Waals surface area contributed by atoms with Crippen LogP contribution < -0.4 is 10.1 Å². The van der Waals surface area contributed by atoms with E-state index in [1.165, 1.54) is 30.7 Å². The Kier molecular flexibility index (Phi) is 5.02. The Morgan fingerprint density at radius 1 is 1.17 bits per heavy atom. The van der Waals surface area contributed by atoms with Crippen molar-refractivity contribution in [3.8, 4) is 16.9 Å². The van der Waals surface area contributed by atoms with E-state index >= 15 is 4.39 Å². The first-order chi connectivity index (χ1) is 16.8. The molecule has 8 nitrogen and oxygen atoms in total. The fraction of sp³-hybridized carbons (Fsp3) is 0.292. The lowest BCUT2D eigenvalue weighted by Gasteiger charge is -2.35. The van der Waals surface area contributed by atoms with Crippen LogP contribution in [0, 0.1) is 5.82 Å². The summed E-state index contributed by atoms with van der Waals surface area (Å²) in [5.41, 5.74) is 1.15. The van der Waals surface area contributed by atoms with E-state index in [9.17, 15) is 19.0 Å². The molecule has 6 rings (SSSR count). The highest BCUT2D eigenvalue weighted by atomic mass is 19.3. The first-order valence-corrected chi connectivity index (χ1v) is 11.0. The van der Waals surface area contributed by atoms with Crippen LogP contribution in [0.1, 0.15) is 41.2 Å². The maximum absolute atomic E-state index is 15.1. The molecule has 2 unspecified atom stereocenters. The van der Waals surface area contributed by atoms with Gasteiger partial charge in [-0.1, -0.05) is 18.2 Å². The van der Waals surface area contributed by atoms with Gasteiger partial charge in [0.1, 0.15) is 22.8 Å². The molecule has 1 aliphatic carbocycles. The van der Waals surface area contributed by atoms with Crippen molar-refractivity contribution in [2.45, 2.75) is 30.7 Å². The lowest BCUT2D eigenvalue weighted by atomic mass is 9.95. The van der Waals surface area contributed by atoms with Gasteiger partial charge in [-0.15, -0.1) is 0 Å². The highest BCUT2D eigenvalue weighted by molar-refractivity contribution is 5.65. The van der Waals surface area contributed by atoms with E-state index in [0.717, 1.165) is 0 Å². The van der Waals surface area contributed by atoms with Crippen molar-refractivity contribution < 1.29 is 28.1 Å². The van der Waals surface area contributed by atoms with E-state index in [-0.39, 0.29) is 29.2 Å². The topological polar surface area (TPSA) is 105 Å². The predicted molar refractivity (Wildman–Crippen MR) is 117 cm³/mol. The van der Waals surface area contributed by atoms with E-state index in [2.05, 4.69) is 20.3 Å². The van der Waals surface area contributed by atoms with Crippen molar-refractivity contribution >= 4 is 5.65 Å². The second kappa shape index (κ2) is 8.01. The minimum Gasteiger partial charge on any atom is -0.435 e. The molecule has 35 heavy (non-hydrogen) atoms. The number of alkyl halides is 2. The van der Waals surface area contributed by atoms with Crippen LogP contribution in [0.3, 0.4) is 0 Å². The van der Waals surface area contributed by atoms with Gasteiger partial charge in [-0.05, 0) is 12.5 Å². The number of aliphatic hydroxyl groups excluding tert-OH is 1. The molecule has 1 aromatic carbocycles. The van der Waals surface area contributed by atoms with E-state index < -0.39 is 30.1 Å². The van der Waals surface area contributed by atoms with Crippen LogP contribution in [0.2, 0.25) is 0 Å². The molecule has 2 aliphatic rings. The van der Waals surface area contributed by atoms with E-state index in [1.807, 2.05) is 0 Å². The summed E-state index contributed by atoms with van der Waals surface area (Å²) >= 11 is 0. The van der Waals surface area contributed by atoms with Crippen LogP contribution in [0.15, 0.2) is 48.9 Å². The molecule has 1 saturated heterocycles. The summed E-state index contributed by atoms with van der Waals surface area (Å²) in [6.45, 7) is -2.32. The molecular weight excluding hydrogens is 463 g/mol.